The van der Waals surface area contributed by atoms with E-state index in [1.54, 1.807) is 6.07 Å². The quantitative estimate of drug-likeness (QED) is 0.673. The van der Waals surface area contributed by atoms with Gasteiger partial charge in [0.25, 0.3) is 0 Å². The average molecular weight is 426 g/mol. The van der Waals surface area contributed by atoms with Crippen LogP contribution in [-0.4, -0.2) is 42.7 Å². The van der Waals surface area contributed by atoms with Crippen LogP contribution in [0.15, 0.2) is 36.4 Å². The summed E-state index contributed by atoms with van der Waals surface area (Å²) in [5.74, 6) is -0.769. The Morgan fingerprint density at radius 2 is 1.90 bits per heavy atom. The number of benzene rings is 2. The zero-order valence-electron chi connectivity index (χ0n) is 18.4. The van der Waals surface area contributed by atoms with Crippen LogP contribution >= 0.6 is 0 Å². The van der Waals surface area contributed by atoms with Crippen molar-refractivity contribution in [3.05, 3.63) is 64.2 Å². The van der Waals surface area contributed by atoms with Crippen molar-refractivity contribution in [3.63, 3.8) is 0 Å². The fourth-order valence-corrected chi connectivity index (χ4v) is 4.15. The maximum atomic E-state index is 10.4. The van der Waals surface area contributed by atoms with Crippen molar-refractivity contribution in [2.45, 2.75) is 57.5 Å². The molecule has 3 atom stereocenters. The van der Waals surface area contributed by atoms with Gasteiger partial charge in [0.1, 0.15) is 11.8 Å². The van der Waals surface area contributed by atoms with Crippen LogP contribution in [0.1, 0.15) is 54.5 Å². The van der Waals surface area contributed by atoms with E-state index in [1.807, 2.05) is 13.0 Å². The third-order valence-electron chi connectivity index (χ3n) is 5.79. The summed E-state index contributed by atoms with van der Waals surface area (Å²) in [6, 6.07) is 14.3. The van der Waals surface area contributed by atoms with Crippen molar-refractivity contribution < 1.29 is 24.4 Å². The van der Waals surface area contributed by atoms with Crippen LogP contribution in [0.25, 0.3) is 0 Å². The highest BCUT2D eigenvalue weighted by molar-refractivity contribution is 5.53. The predicted molar refractivity (Wildman–Crippen MR) is 117 cm³/mol. The maximum absolute atomic E-state index is 10.4. The summed E-state index contributed by atoms with van der Waals surface area (Å²) < 4.78 is 17.7. The van der Waals surface area contributed by atoms with E-state index in [0.717, 1.165) is 17.5 Å². The van der Waals surface area contributed by atoms with Gasteiger partial charge in [-0.15, -0.1) is 0 Å². The van der Waals surface area contributed by atoms with Gasteiger partial charge in [0, 0.05) is 25.5 Å². The predicted octanol–water partition coefficient (Wildman–Crippen LogP) is 3.44. The molecule has 2 N–H and O–H groups in total. The summed E-state index contributed by atoms with van der Waals surface area (Å²) in [6.45, 7) is 4.17. The highest BCUT2D eigenvalue weighted by atomic mass is 16.7. The zero-order chi connectivity index (χ0) is 22.4. The molecule has 1 heterocycles. The first-order valence-electron chi connectivity index (χ1n) is 10.8. The fourth-order valence-electron chi connectivity index (χ4n) is 4.15. The number of aliphatic hydroxyl groups excluding tert-OH is 2. The second-order valence-corrected chi connectivity index (χ2v) is 7.87. The van der Waals surface area contributed by atoms with Gasteiger partial charge in [-0.05, 0) is 48.6 Å². The summed E-state index contributed by atoms with van der Waals surface area (Å²) in [4.78, 5) is 0. The molecule has 2 aromatic carbocycles. The number of aryl methyl sites for hydroxylation is 1. The molecule has 0 amide bonds. The van der Waals surface area contributed by atoms with Gasteiger partial charge in [-0.3, -0.25) is 0 Å². The molecule has 3 rings (SSSR count). The normalized spacial score (nSPS) is 23.4. The highest BCUT2D eigenvalue weighted by Gasteiger charge is 2.43. The first-order chi connectivity index (χ1) is 15.0. The van der Waals surface area contributed by atoms with E-state index < -0.39 is 18.0 Å². The maximum Gasteiger partial charge on any atom is 0.197 e. The lowest BCUT2D eigenvalue weighted by atomic mass is 9.88. The van der Waals surface area contributed by atoms with E-state index in [-0.39, 0.29) is 13.0 Å². The molecule has 1 saturated heterocycles. The molecule has 0 bridgehead atoms. The molecule has 0 radical (unpaired) electrons. The van der Waals surface area contributed by atoms with Gasteiger partial charge >= 0.3 is 0 Å². The second kappa shape index (κ2) is 10.3. The number of ether oxygens (including phenoxy) is 3. The SMILES string of the molecule is CCOc1cc(C2(OC)CC(O)CC(CO)O2)cc(Cc2ccc(CC)cc2)c1C#N. The van der Waals surface area contributed by atoms with E-state index in [2.05, 4.69) is 37.3 Å². The van der Waals surface area contributed by atoms with Gasteiger partial charge in [0.2, 0.25) is 0 Å². The standard InChI is InChI=1S/C25H31NO5/c1-4-17-6-8-18(9-7-17)10-19-11-20(12-24(30-5-2)23(19)15-26)25(29-3)14-21(28)13-22(16-27)31-25/h6-9,11-12,21-22,27-28H,4-5,10,13-14,16H2,1-3H3. The fraction of sp³-hybridized carbons (Fsp3) is 0.480. The van der Waals surface area contributed by atoms with E-state index in [0.29, 0.717) is 36.3 Å². The number of rotatable bonds is 8. The molecule has 1 aliphatic heterocycles. The lowest BCUT2D eigenvalue weighted by Gasteiger charge is -2.42. The monoisotopic (exact) mass is 425 g/mol. The Morgan fingerprint density at radius 1 is 1.19 bits per heavy atom. The first-order valence-corrected chi connectivity index (χ1v) is 10.8. The molecule has 31 heavy (non-hydrogen) atoms. The molecule has 0 aliphatic carbocycles. The average Bonchev–Trinajstić information content (AvgIpc) is 2.79. The smallest absolute Gasteiger partial charge is 0.197 e. The largest absolute Gasteiger partial charge is 0.492 e. The molecule has 166 valence electrons. The van der Waals surface area contributed by atoms with Crippen LogP contribution in [0.5, 0.6) is 5.75 Å². The van der Waals surface area contributed by atoms with E-state index in [4.69, 9.17) is 14.2 Å². The molecule has 0 aromatic heterocycles. The topological polar surface area (TPSA) is 91.9 Å². The minimum atomic E-state index is -1.23. The van der Waals surface area contributed by atoms with Crippen molar-refractivity contribution in [3.8, 4) is 11.8 Å². The summed E-state index contributed by atoms with van der Waals surface area (Å²) in [6.07, 6.45) is 0.860. The molecule has 2 aromatic rings. The number of hydrogen-bond acceptors (Lipinski definition) is 6. The summed E-state index contributed by atoms with van der Waals surface area (Å²) in [7, 11) is 1.52. The Kier molecular flexibility index (Phi) is 7.69. The summed E-state index contributed by atoms with van der Waals surface area (Å²) in [5.41, 5.74) is 4.28. The Hall–Kier alpha value is -2.43. The van der Waals surface area contributed by atoms with Gasteiger partial charge in [0.05, 0.1) is 31.0 Å². The molecular formula is C25H31NO5. The molecule has 6 nitrogen and oxygen atoms in total. The second-order valence-electron chi connectivity index (χ2n) is 7.87. The Morgan fingerprint density at radius 3 is 2.48 bits per heavy atom. The Bertz CT molecular complexity index is 921. The lowest BCUT2D eigenvalue weighted by Crippen LogP contribution is -2.46. The van der Waals surface area contributed by atoms with Crippen LogP contribution in [-0.2, 0) is 28.1 Å². The lowest BCUT2D eigenvalue weighted by molar-refractivity contribution is -0.299. The molecule has 0 saturated carbocycles. The van der Waals surface area contributed by atoms with Crippen molar-refractivity contribution in [2.24, 2.45) is 0 Å². The minimum Gasteiger partial charge on any atom is -0.492 e. The minimum absolute atomic E-state index is 0.215. The molecule has 1 fully saturated rings. The van der Waals surface area contributed by atoms with Crippen LogP contribution in [0.3, 0.4) is 0 Å². The number of hydrogen-bond donors (Lipinski definition) is 2. The van der Waals surface area contributed by atoms with Gasteiger partial charge in [-0.25, -0.2) is 0 Å². The summed E-state index contributed by atoms with van der Waals surface area (Å²) in [5, 5.41) is 29.9. The molecule has 6 heteroatoms. The van der Waals surface area contributed by atoms with Gasteiger partial charge in [-0.2, -0.15) is 5.26 Å². The van der Waals surface area contributed by atoms with Crippen molar-refractivity contribution in [1.29, 1.82) is 5.26 Å². The third-order valence-corrected chi connectivity index (χ3v) is 5.79. The van der Waals surface area contributed by atoms with Crippen molar-refractivity contribution in [2.75, 3.05) is 20.3 Å². The molecule has 0 spiro atoms. The number of aliphatic hydroxyl groups is 2. The van der Waals surface area contributed by atoms with Crippen molar-refractivity contribution >= 4 is 0 Å². The molecule has 1 aliphatic rings. The Balaban J connectivity index is 2.08. The van der Waals surface area contributed by atoms with Crippen LogP contribution < -0.4 is 4.74 Å². The number of nitriles is 1. The van der Waals surface area contributed by atoms with Gasteiger partial charge < -0.3 is 24.4 Å². The van der Waals surface area contributed by atoms with Gasteiger partial charge in [0.15, 0.2) is 5.79 Å². The third kappa shape index (κ3) is 5.08. The van der Waals surface area contributed by atoms with Crippen LogP contribution in [0.2, 0.25) is 0 Å². The zero-order valence-corrected chi connectivity index (χ0v) is 18.4. The molecule has 3 unspecified atom stereocenters. The van der Waals surface area contributed by atoms with Crippen LogP contribution in [0, 0.1) is 11.3 Å². The first kappa shape index (κ1) is 23.2. The van der Waals surface area contributed by atoms with E-state index >= 15 is 0 Å². The van der Waals surface area contributed by atoms with Crippen molar-refractivity contribution in [1.82, 2.24) is 0 Å². The highest BCUT2D eigenvalue weighted by Crippen LogP contribution is 2.41. The van der Waals surface area contributed by atoms with Crippen LogP contribution in [0.4, 0.5) is 0 Å². The summed E-state index contributed by atoms with van der Waals surface area (Å²) >= 11 is 0. The number of nitrogens with zero attached hydrogens (tertiary/aromatic N) is 1. The van der Waals surface area contributed by atoms with E-state index in [9.17, 15) is 15.5 Å². The molecular weight excluding hydrogens is 394 g/mol. The van der Waals surface area contributed by atoms with E-state index in [1.165, 1.54) is 12.7 Å². The Labute approximate surface area is 184 Å². The van der Waals surface area contributed by atoms with Gasteiger partial charge in [-0.1, -0.05) is 31.2 Å². The number of methoxy groups -OCH3 is 1.